The second-order valence-corrected chi connectivity index (χ2v) is 5.35. The minimum absolute atomic E-state index is 0.199. The standard InChI is InChI=1S/C13H21ClN4O2/c1-20-7-6-18-13(19)12(14)11(9-17-18)16-8-10-2-4-15-5-3-10/h9-10,15-16H,2-8H2,1H3. The maximum absolute atomic E-state index is 12.0. The number of anilines is 1. The van der Waals surface area contributed by atoms with Gasteiger partial charge in [0.1, 0.15) is 5.02 Å². The zero-order chi connectivity index (χ0) is 14.4. The molecule has 2 heterocycles. The second-order valence-electron chi connectivity index (χ2n) is 4.97. The molecule has 7 heteroatoms. The van der Waals surface area contributed by atoms with Crippen molar-refractivity contribution in [3.05, 3.63) is 21.6 Å². The normalized spacial score (nSPS) is 16.3. The first kappa shape index (κ1) is 15.3. The van der Waals surface area contributed by atoms with Gasteiger partial charge in [-0.05, 0) is 31.8 Å². The van der Waals surface area contributed by atoms with Crippen LogP contribution in [-0.2, 0) is 11.3 Å². The third kappa shape index (κ3) is 3.94. The number of piperidine rings is 1. The van der Waals surface area contributed by atoms with Crippen LogP contribution in [0.1, 0.15) is 12.8 Å². The van der Waals surface area contributed by atoms with Crippen LogP contribution in [0, 0.1) is 5.92 Å². The van der Waals surface area contributed by atoms with Crippen molar-refractivity contribution >= 4 is 17.3 Å². The highest BCUT2D eigenvalue weighted by Gasteiger charge is 2.14. The van der Waals surface area contributed by atoms with Gasteiger partial charge in [0.15, 0.2) is 0 Å². The molecule has 0 bridgehead atoms. The molecule has 1 aromatic heterocycles. The Labute approximate surface area is 123 Å². The molecule has 6 nitrogen and oxygen atoms in total. The second kappa shape index (κ2) is 7.61. The molecule has 1 saturated heterocycles. The van der Waals surface area contributed by atoms with Gasteiger partial charge in [0.2, 0.25) is 0 Å². The van der Waals surface area contributed by atoms with Crippen molar-refractivity contribution in [3.8, 4) is 0 Å². The van der Waals surface area contributed by atoms with Crippen LogP contribution in [0.3, 0.4) is 0 Å². The van der Waals surface area contributed by atoms with E-state index >= 15 is 0 Å². The van der Waals surface area contributed by atoms with Gasteiger partial charge in [0.25, 0.3) is 5.56 Å². The Balaban J connectivity index is 1.97. The highest BCUT2D eigenvalue weighted by molar-refractivity contribution is 6.32. The van der Waals surface area contributed by atoms with E-state index < -0.39 is 0 Å². The van der Waals surface area contributed by atoms with Crippen LogP contribution in [0.4, 0.5) is 5.69 Å². The molecule has 20 heavy (non-hydrogen) atoms. The van der Waals surface area contributed by atoms with Crippen LogP contribution < -0.4 is 16.2 Å². The maximum Gasteiger partial charge on any atom is 0.287 e. The zero-order valence-electron chi connectivity index (χ0n) is 11.7. The average molecular weight is 301 g/mol. The average Bonchev–Trinajstić information content (AvgIpc) is 2.49. The van der Waals surface area contributed by atoms with Crippen molar-refractivity contribution in [1.82, 2.24) is 15.1 Å². The van der Waals surface area contributed by atoms with E-state index in [9.17, 15) is 4.79 Å². The van der Waals surface area contributed by atoms with Crippen molar-refractivity contribution in [3.63, 3.8) is 0 Å². The number of hydrogen-bond acceptors (Lipinski definition) is 5. The Hall–Kier alpha value is -1.11. The van der Waals surface area contributed by atoms with Gasteiger partial charge in [-0.15, -0.1) is 0 Å². The fourth-order valence-corrected chi connectivity index (χ4v) is 2.48. The van der Waals surface area contributed by atoms with Crippen LogP contribution in [0.5, 0.6) is 0 Å². The van der Waals surface area contributed by atoms with E-state index in [4.69, 9.17) is 16.3 Å². The monoisotopic (exact) mass is 300 g/mol. The zero-order valence-corrected chi connectivity index (χ0v) is 12.4. The Kier molecular flexibility index (Phi) is 5.82. The highest BCUT2D eigenvalue weighted by atomic mass is 35.5. The number of rotatable bonds is 6. The Morgan fingerprint density at radius 3 is 3.00 bits per heavy atom. The lowest BCUT2D eigenvalue weighted by molar-refractivity contribution is 0.182. The van der Waals surface area contributed by atoms with Crippen molar-refractivity contribution < 1.29 is 4.74 Å². The fourth-order valence-electron chi connectivity index (χ4n) is 2.27. The molecular weight excluding hydrogens is 280 g/mol. The molecule has 112 valence electrons. The van der Waals surface area contributed by atoms with E-state index in [2.05, 4.69) is 15.7 Å². The maximum atomic E-state index is 12.0. The van der Waals surface area contributed by atoms with Gasteiger partial charge in [-0.1, -0.05) is 11.6 Å². The van der Waals surface area contributed by atoms with Gasteiger partial charge in [-0.3, -0.25) is 4.79 Å². The third-order valence-corrected chi connectivity index (χ3v) is 3.90. The summed E-state index contributed by atoms with van der Waals surface area (Å²) in [7, 11) is 1.58. The lowest BCUT2D eigenvalue weighted by Crippen LogP contribution is -2.31. The number of methoxy groups -OCH3 is 1. The minimum atomic E-state index is -0.279. The Morgan fingerprint density at radius 1 is 1.55 bits per heavy atom. The minimum Gasteiger partial charge on any atom is -0.383 e. The van der Waals surface area contributed by atoms with E-state index in [1.54, 1.807) is 13.3 Å². The first-order valence-corrected chi connectivity index (χ1v) is 7.29. The van der Waals surface area contributed by atoms with Crippen LogP contribution in [0.2, 0.25) is 5.02 Å². The van der Waals surface area contributed by atoms with Gasteiger partial charge < -0.3 is 15.4 Å². The number of aromatic nitrogens is 2. The lowest BCUT2D eigenvalue weighted by atomic mass is 9.98. The molecule has 1 aromatic rings. The summed E-state index contributed by atoms with van der Waals surface area (Å²) < 4.78 is 6.25. The number of nitrogens with one attached hydrogen (secondary N) is 2. The molecule has 0 amide bonds. The number of ether oxygens (including phenoxy) is 1. The molecule has 0 unspecified atom stereocenters. The van der Waals surface area contributed by atoms with E-state index in [1.165, 1.54) is 4.68 Å². The SMILES string of the molecule is COCCn1ncc(NCC2CCNCC2)c(Cl)c1=O. The summed E-state index contributed by atoms with van der Waals surface area (Å²) in [6, 6.07) is 0. The number of hydrogen-bond donors (Lipinski definition) is 2. The molecule has 1 aliphatic heterocycles. The summed E-state index contributed by atoms with van der Waals surface area (Å²) in [6.45, 7) is 3.77. The van der Waals surface area contributed by atoms with E-state index in [0.29, 0.717) is 24.8 Å². The van der Waals surface area contributed by atoms with Crippen molar-refractivity contribution in [1.29, 1.82) is 0 Å². The summed E-state index contributed by atoms with van der Waals surface area (Å²) in [4.78, 5) is 12.0. The smallest absolute Gasteiger partial charge is 0.287 e. The highest BCUT2D eigenvalue weighted by Crippen LogP contribution is 2.18. The van der Waals surface area contributed by atoms with Gasteiger partial charge in [-0.2, -0.15) is 5.10 Å². The fraction of sp³-hybridized carbons (Fsp3) is 0.692. The Bertz CT molecular complexity index is 486. The van der Waals surface area contributed by atoms with E-state index in [1.807, 2.05) is 0 Å². The van der Waals surface area contributed by atoms with Crippen molar-refractivity contribution in [2.24, 2.45) is 5.92 Å². The predicted molar refractivity (Wildman–Crippen MR) is 79.5 cm³/mol. The number of halogens is 1. The van der Waals surface area contributed by atoms with Crippen LogP contribution >= 0.6 is 11.6 Å². The number of nitrogens with zero attached hydrogens (tertiary/aromatic N) is 2. The summed E-state index contributed by atoms with van der Waals surface area (Å²) in [5.41, 5.74) is 0.336. The van der Waals surface area contributed by atoms with Gasteiger partial charge >= 0.3 is 0 Å². The molecule has 0 spiro atoms. The quantitative estimate of drug-likeness (QED) is 0.819. The molecule has 2 rings (SSSR count). The van der Waals surface area contributed by atoms with Crippen molar-refractivity contribution in [2.75, 3.05) is 38.7 Å². The molecule has 1 aliphatic rings. The van der Waals surface area contributed by atoms with Crippen molar-refractivity contribution in [2.45, 2.75) is 19.4 Å². The molecule has 0 radical (unpaired) electrons. The van der Waals surface area contributed by atoms with Crippen LogP contribution in [0.15, 0.2) is 11.0 Å². The van der Waals surface area contributed by atoms with Gasteiger partial charge in [0.05, 0.1) is 25.0 Å². The first-order valence-electron chi connectivity index (χ1n) is 6.91. The Morgan fingerprint density at radius 2 is 2.30 bits per heavy atom. The summed E-state index contributed by atoms with van der Waals surface area (Å²) >= 11 is 6.11. The van der Waals surface area contributed by atoms with E-state index in [0.717, 1.165) is 32.5 Å². The lowest BCUT2D eigenvalue weighted by Gasteiger charge is -2.23. The largest absolute Gasteiger partial charge is 0.383 e. The van der Waals surface area contributed by atoms with Crippen LogP contribution in [0.25, 0.3) is 0 Å². The first-order chi connectivity index (χ1) is 9.72. The summed E-state index contributed by atoms with van der Waals surface area (Å²) in [5, 5.41) is 10.9. The van der Waals surface area contributed by atoms with E-state index in [-0.39, 0.29) is 10.6 Å². The molecule has 0 saturated carbocycles. The molecule has 1 fully saturated rings. The summed E-state index contributed by atoms with van der Waals surface area (Å²) in [6.07, 6.45) is 3.90. The van der Waals surface area contributed by atoms with Gasteiger partial charge in [-0.25, -0.2) is 4.68 Å². The molecule has 0 aliphatic carbocycles. The topological polar surface area (TPSA) is 68.2 Å². The molecule has 0 atom stereocenters. The predicted octanol–water partition coefficient (Wildman–Crippen LogP) is 0.955. The molecule has 0 aromatic carbocycles. The third-order valence-electron chi connectivity index (χ3n) is 3.53. The summed E-state index contributed by atoms with van der Waals surface area (Å²) in [5.74, 6) is 0.614. The van der Waals surface area contributed by atoms with Crippen LogP contribution in [-0.4, -0.2) is 43.1 Å². The molecule has 2 N–H and O–H groups in total. The van der Waals surface area contributed by atoms with Gasteiger partial charge in [0, 0.05) is 13.7 Å². The molecular formula is C13H21ClN4O2.